The Balaban J connectivity index is 1.73. The van der Waals surface area contributed by atoms with Crippen LogP contribution in [0.1, 0.15) is 11.1 Å². The smallest absolute Gasteiger partial charge is 0.211 e. The van der Waals surface area contributed by atoms with Gasteiger partial charge in [0.15, 0.2) is 0 Å². The van der Waals surface area contributed by atoms with Gasteiger partial charge in [0.2, 0.25) is 11.9 Å². The van der Waals surface area contributed by atoms with Crippen molar-refractivity contribution in [2.75, 3.05) is 13.2 Å². The van der Waals surface area contributed by atoms with Crippen molar-refractivity contribution < 1.29 is 9.47 Å². The molecule has 2 aromatic rings. The highest BCUT2D eigenvalue weighted by molar-refractivity contribution is 5.82. The Labute approximate surface area is 162 Å². The topological polar surface area (TPSA) is 172 Å². The number of nitrogens with zero attached hydrogens (tertiary/aromatic N) is 4. The number of benzene rings is 2. The molecule has 0 aliphatic carbocycles. The minimum Gasteiger partial charge on any atom is -0.490 e. The van der Waals surface area contributed by atoms with Crippen molar-refractivity contribution in [3.63, 3.8) is 0 Å². The molecule has 146 valence electrons. The van der Waals surface area contributed by atoms with Gasteiger partial charge in [-0.3, -0.25) is 0 Å². The highest BCUT2D eigenvalue weighted by Crippen LogP contribution is 2.13. The van der Waals surface area contributed by atoms with E-state index in [-0.39, 0.29) is 11.9 Å². The lowest BCUT2D eigenvalue weighted by molar-refractivity contribution is 0.217. The third-order valence-electron chi connectivity index (χ3n) is 3.14. The van der Waals surface area contributed by atoms with E-state index in [1.54, 1.807) is 0 Å². The summed E-state index contributed by atoms with van der Waals surface area (Å²) in [5.74, 6) is 1.25. The summed E-state index contributed by atoms with van der Waals surface area (Å²) in [5, 5.41) is 14.5. The largest absolute Gasteiger partial charge is 0.490 e. The number of rotatable bonds is 9. The number of hydrogen-bond donors (Lipinski definition) is 4. The van der Waals surface area contributed by atoms with E-state index in [9.17, 15) is 0 Å². The Kier molecular flexibility index (Phi) is 7.81. The van der Waals surface area contributed by atoms with Gasteiger partial charge in [-0.15, -0.1) is 10.2 Å². The Bertz CT molecular complexity index is 777. The molecule has 28 heavy (non-hydrogen) atoms. The van der Waals surface area contributed by atoms with Crippen LogP contribution in [0.4, 0.5) is 0 Å². The molecule has 8 N–H and O–H groups in total. The average Bonchev–Trinajstić information content (AvgIpc) is 2.67. The maximum atomic E-state index is 5.63. The van der Waals surface area contributed by atoms with Gasteiger partial charge in [0.1, 0.15) is 24.7 Å². The molecule has 0 atom stereocenters. The molecular formula is C18H22N8O2. The van der Waals surface area contributed by atoms with Crippen molar-refractivity contribution in [3.8, 4) is 11.5 Å². The van der Waals surface area contributed by atoms with Crippen LogP contribution in [-0.4, -0.2) is 37.6 Å². The fourth-order valence-corrected chi connectivity index (χ4v) is 1.94. The minimum absolute atomic E-state index is 0.0927. The van der Waals surface area contributed by atoms with Crippen LogP contribution in [0.5, 0.6) is 11.5 Å². The van der Waals surface area contributed by atoms with Crippen molar-refractivity contribution in [2.24, 2.45) is 43.3 Å². The first kappa shape index (κ1) is 20.2. The Hall–Kier alpha value is -4.08. The van der Waals surface area contributed by atoms with Gasteiger partial charge in [-0.05, 0) is 59.7 Å². The first-order valence-electron chi connectivity index (χ1n) is 8.22. The summed E-state index contributed by atoms with van der Waals surface area (Å²) in [7, 11) is 0. The van der Waals surface area contributed by atoms with Crippen LogP contribution in [0.2, 0.25) is 0 Å². The molecule has 0 radical (unpaired) electrons. The van der Waals surface area contributed by atoms with Crippen LogP contribution in [0.25, 0.3) is 0 Å². The van der Waals surface area contributed by atoms with E-state index in [1.807, 2.05) is 48.5 Å². The summed E-state index contributed by atoms with van der Waals surface area (Å²) in [4.78, 5) is 0. The Morgan fingerprint density at radius 2 is 1.00 bits per heavy atom. The second kappa shape index (κ2) is 10.8. The summed E-state index contributed by atoms with van der Waals surface area (Å²) in [6.45, 7) is 0.796. The number of guanidine groups is 2. The van der Waals surface area contributed by atoms with Crippen molar-refractivity contribution in [3.05, 3.63) is 59.7 Å². The predicted octanol–water partition coefficient (Wildman–Crippen LogP) is 0.359. The van der Waals surface area contributed by atoms with E-state index >= 15 is 0 Å². The van der Waals surface area contributed by atoms with Crippen LogP contribution < -0.4 is 32.4 Å². The molecule has 0 amide bonds. The monoisotopic (exact) mass is 382 g/mol. The van der Waals surface area contributed by atoms with Crippen LogP contribution >= 0.6 is 0 Å². The van der Waals surface area contributed by atoms with E-state index in [4.69, 9.17) is 32.4 Å². The molecule has 0 aromatic heterocycles. The summed E-state index contributed by atoms with van der Waals surface area (Å²) in [6.07, 6.45) is 3.08. The standard InChI is InChI=1S/C18H22N8O2/c19-17(20)25-23-11-13-1-5-15(6-2-13)27-9-10-28-16-7-3-14(4-8-16)12-24-26-18(21)22/h1-8,11-12H,9-10H2,(H4,19,20,25)(H4,21,22,26)/b23-11+,24-12+. The number of nitrogens with two attached hydrogens (primary N) is 4. The molecule has 0 aliphatic rings. The van der Waals surface area contributed by atoms with Crippen LogP contribution in [0.3, 0.4) is 0 Å². The highest BCUT2D eigenvalue weighted by Gasteiger charge is 1.97. The number of hydrogen-bond acceptors (Lipinski definition) is 6. The zero-order valence-corrected chi connectivity index (χ0v) is 15.1. The third-order valence-corrected chi connectivity index (χ3v) is 3.14. The first-order chi connectivity index (χ1) is 13.5. The van der Waals surface area contributed by atoms with Gasteiger partial charge in [0.05, 0.1) is 12.4 Å². The van der Waals surface area contributed by atoms with Crippen molar-refractivity contribution in [1.29, 1.82) is 0 Å². The molecule has 0 spiro atoms. The normalized spacial score (nSPS) is 10.7. The minimum atomic E-state index is -0.0927. The molecule has 0 aliphatic heterocycles. The number of ether oxygens (including phenoxy) is 2. The van der Waals surface area contributed by atoms with Gasteiger partial charge >= 0.3 is 0 Å². The van der Waals surface area contributed by atoms with Gasteiger partial charge in [-0.25, -0.2) is 0 Å². The van der Waals surface area contributed by atoms with E-state index in [0.29, 0.717) is 24.7 Å². The van der Waals surface area contributed by atoms with E-state index in [2.05, 4.69) is 20.4 Å². The van der Waals surface area contributed by atoms with Gasteiger partial charge < -0.3 is 32.4 Å². The van der Waals surface area contributed by atoms with Crippen molar-refractivity contribution in [1.82, 2.24) is 0 Å². The molecule has 0 unspecified atom stereocenters. The summed E-state index contributed by atoms with van der Waals surface area (Å²) in [6, 6.07) is 14.6. The van der Waals surface area contributed by atoms with E-state index < -0.39 is 0 Å². The quantitative estimate of drug-likeness (QED) is 0.211. The lowest BCUT2D eigenvalue weighted by Gasteiger charge is -2.08. The molecule has 10 heteroatoms. The van der Waals surface area contributed by atoms with Crippen molar-refractivity contribution >= 4 is 24.3 Å². The third kappa shape index (κ3) is 7.87. The summed E-state index contributed by atoms with van der Waals surface area (Å²) < 4.78 is 11.3. The molecule has 0 bridgehead atoms. The van der Waals surface area contributed by atoms with Gasteiger partial charge in [0, 0.05) is 0 Å². The SMILES string of the molecule is NC(N)=N/N=C/c1ccc(OCCOc2ccc(/C=N/N=C(N)N)cc2)cc1. The predicted molar refractivity (Wildman–Crippen MR) is 111 cm³/mol. The van der Waals surface area contributed by atoms with Gasteiger partial charge in [-0.1, -0.05) is 0 Å². The molecule has 0 fully saturated rings. The first-order valence-corrected chi connectivity index (χ1v) is 8.22. The molecule has 0 heterocycles. The van der Waals surface area contributed by atoms with E-state index in [1.165, 1.54) is 12.4 Å². The maximum Gasteiger partial charge on any atom is 0.211 e. The molecule has 2 rings (SSSR count). The van der Waals surface area contributed by atoms with Crippen LogP contribution in [-0.2, 0) is 0 Å². The lowest BCUT2D eigenvalue weighted by Crippen LogP contribution is -2.21. The molecule has 0 saturated carbocycles. The van der Waals surface area contributed by atoms with Crippen LogP contribution in [0.15, 0.2) is 68.9 Å². The average molecular weight is 382 g/mol. The molecular weight excluding hydrogens is 360 g/mol. The fourth-order valence-electron chi connectivity index (χ4n) is 1.94. The van der Waals surface area contributed by atoms with E-state index in [0.717, 1.165) is 11.1 Å². The van der Waals surface area contributed by atoms with Gasteiger partial charge in [-0.2, -0.15) is 10.2 Å². The second-order valence-electron chi connectivity index (χ2n) is 5.37. The molecule has 0 saturated heterocycles. The summed E-state index contributed by atoms with van der Waals surface area (Å²) in [5.41, 5.74) is 22.5. The van der Waals surface area contributed by atoms with Crippen LogP contribution in [0, 0.1) is 0 Å². The Morgan fingerprint density at radius 1 is 0.643 bits per heavy atom. The molecule has 10 nitrogen and oxygen atoms in total. The van der Waals surface area contributed by atoms with Crippen molar-refractivity contribution in [2.45, 2.75) is 0 Å². The maximum absolute atomic E-state index is 5.63. The molecule has 2 aromatic carbocycles. The highest BCUT2D eigenvalue weighted by atomic mass is 16.5. The lowest BCUT2D eigenvalue weighted by atomic mass is 10.2. The second-order valence-corrected chi connectivity index (χ2v) is 5.37. The van der Waals surface area contributed by atoms with Gasteiger partial charge in [0.25, 0.3) is 0 Å². The summed E-state index contributed by atoms with van der Waals surface area (Å²) >= 11 is 0. The zero-order chi connectivity index (χ0) is 20.2. The fraction of sp³-hybridized carbons (Fsp3) is 0.111. The zero-order valence-electron chi connectivity index (χ0n) is 15.1. The Morgan fingerprint density at radius 3 is 1.32 bits per heavy atom.